The van der Waals surface area contributed by atoms with Crippen molar-refractivity contribution in [3.63, 3.8) is 0 Å². The first-order valence-electron chi connectivity index (χ1n) is 6.66. The van der Waals surface area contributed by atoms with Gasteiger partial charge in [0, 0.05) is 18.2 Å². The Hall–Kier alpha value is -0.960. The summed E-state index contributed by atoms with van der Waals surface area (Å²) in [5.41, 5.74) is 3.92. The number of aryl methyl sites for hydroxylation is 2. The SMILES string of the molecule is Cc1ccc(C2SCCN2C(=O)C2CC2)c(C)c1. The molecule has 2 nitrogen and oxygen atoms in total. The Bertz CT molecular complexity index is 481. The summed E-state index contributed by atoms with van der Waals surface area (Å²) in [6.07, 6.45) is 2.19. The van der Waals surface area contributed by atoms with E-state index in [1.54, 1.807) is 0 Å². The predicted molar refractivity (Wildman–Crippen MR) is 75.6 cm³/mol. The number of hydrogen-bond acceptors (Lipinski definition) is 2. The second-order valence-electron chi connectivity index (χ2n) is 5.39. The fraction of sp³-hybridized carbons (Fsp3) is 0.533. The van der Waals surface area contributed by atoms with Crippen molar-refractivity contribution >= 4 is 17.7 Å². The number of benzene rings is 1. The number of carbonyl (C=O) groups is 1. The van der Waals surface area contributed by atoms with Crippen LogP contribution in [0.1, 0.15) is 34.9 Å². The molecule has 1 unspecified atom stereocenters. The van der Waals surface area contributed by atoms with Crippen molar-refractivity contribution in [3.05, 3.63) is 34.9 Å². The third kappa shape index (κ3) is 2.16. The van der Waals surface area contributed by atoms with Crippen LogP contribution >= 0.6 is 11.8 Å². The standard InChI is InChI=1S/C15H19NOS/c1-10-3-6-13(11(2)9-10)15-16(7-8-18-15)14(17)12-4-5-12/h3,6,9,12,15H,4-5,7-8H2,1-2H3. The van der Waals surface area contributed by atoms with Crippen molar-refractivity contribution in [2.24, 2.45) is 5.92 Å². The number of rotatable bonds is 2. The van der Waals surface area contributed by atoms with Crippen LogP contribution in [0.5, 0.6) is 0 Å². The van der Waals surface area contributed by atoms with E-state index in [-0.39, 0.29) is 5.37 Å². The molecular weight excluding hydrogens is 242 g/mol. The molecule has 3 rings (SSSR count). The molecule has 96 valence electrons. The van der Waals surface area contributed by atoms with Crippen LogP contribution in [0.2, 0.25) is 0 Å². The van der Waals surface area contributed by atoms with Gasteiger partial charge in [0.2, 0.25) is 5.91 Å². The second-order valence-corrected chi connectivity index (χ2v) is 6.58. The van der Waals surface area contributed by atoms with Crippen LogP contribution in [0, 0.1) is 19.8 Å². The molecule has 1 saturated heterocycles. The maximum atomic E-state index is 12.3. The van der Waals surface area contributed by atoms with E-state index in [1.807, 2.05) is 11.8 Å². The van der Waals surface area contributed by atoms with Crippen LogP contribution in [-0.4, -0.2) is 23.1 Å². The molecule has 1 saturated carbocycles. The number of carbonyl (C=O) groups excluding carboxylic acids is 1. The predicted octanol–water partition coefficient (Wildman–Crippen LogP) is 3.29. The third-order valence-electron chi connectivity index (χ3n) is 3.79. The van der Waals surface area contributed by atoms with Gasteiger partial charge in [0.25, 0.3) is 0 Å². The highest BCUT2D eigenvalue weighted by atomic mass is 32.2. The van der Waals surface area contributed by atoms with Crippen molar-refractivity contribution in [2.75, 3.05) is 12.3 Å². The summed E-state index contributed by atoms with van der Waals surface area (Å²) in [7, 11) is 0. The van der Waals surface area contributed by atoms with Crippen molar-refractivity contribution in [2.45, 2.75) is 32.1 Å². The van der Waals surface area contributed by atoms with Gasteiger partial charge in [-0.15, -0.1) is 11.8 Å². The molecule has 1 amide bonds. The van der Waals surface area contributed by atoms with Crippen LogP contribution in [-0.2, 0) is 4.79 Å². The smallest absolute Gasteiger partial charge is 0.226 e. The first kappa shape index (κ1) is 12.1. The average molecular weight is 261 g/mol. The van der Waals surface area contributed by atoms with Crippen molar-refractivity contribution in [1.82, 2.24) is 4.90 Å². The quantitative estimate of drug-likeness (QED) is 0.814. The van der Waals surface area contributed by atoms with Crippen LogP contribution in [0.4, 0.5) is 0 Å². The molecule has 1 aromatic carbocycles. The largest absolute Gasteiger partial charge is 0.325 e. The average Bonchev–Trinajstić information content (AvgIpc) is 3.07. The van der Waals surface area contributed by atoms with Gasteiger partial charge in [-0.3, -0.25) is 4.79 Å². The highest BCUT2D eigenvalue weighted by Crippen LogP contribution is 2.43. The van der Waals surface area contributed by atoms with Gasteiger partial charge in [-0.1, -0.05) is 23.8 Å². The summed E-state index contributed by atoms with van der Waals surface area (Å²) in [6.45, 7) is 5.19. The molecule has 0 N–H and O–H groups in total. The van der Waals surface area contributed by atoms with E-state index in [0.29, 0.717) is 11.8 Å². The molecule has 0 aromatic heterocycles. The minimum Gasteiger partial charge on any atom is -0.325 e. The van der Waals surface area contributed by atoms with E-state index in [2.05, 4.69) is 36.9 Å². The van der Waals surface area contributed by atoms with Crippen molar-refractivity contribution in [1.29, 1.82) is 0 Å². The molecular formula is C15H19NOS. The molecule has 3 heteroatoms. The Morgan fingerprint density at radius 2 is 2.11 bits per heavy atom. The minimum atomic E-state index is 0.249. The lowest BCUT2D eigenvalue weighted by Gasteiger charge is -2.25. The first-order valence-corrected chi connectivity index (χ1v) is 7.71. The zero-order chi connectivity index (χ0) is 12.7. The molecule has 2 fully saturated rings. The van der Waals surface area contributed by atoms with Crippen LogP contribution in [0.3, 0.4) is 0 Å². The lowest BCUT2D eigenvalue weighted by atomic mass is 10.0. The van der Waals surface area contributed by atoms with Gasteiger partial charge in [0.1, 0.15) is 5.37 Å². The van der Waals surface area contributed by atoms with E-state index in [0.717, 1.165) is 25.1 Å². The lowest BCUT2D eigenvalue weighted by molar-refractivity contribution is -0.132. The van der Waals surface area contributed by atoms with Crippen molar-refractivity contribution in [3.8, 4) is 0 Å². The molecule has 1 aliphatic heterocycles. The van der Waals surface area contributed by atoms with Crippen molar-refractivity contribution < 1.29 is 4.79 Å². The molecule has 1 heterocycles. The highest BCUT2D eigenvalue weighted by Gasteiger charge is 2.39. The van der Waals surface area contributed by atoms with Gasteiger partial charge in [0.05, 0.1) is 0 Å². The van der Waals surface area contributed by atoms with Crippen LogP contribution < -0.4 is 0 Å². The Morgan fingerprint density at radius 1 is 1.33 bits per heavy atom. The molecule has 0 radical (unpaired) electrons. The first-order chi connectivity index (χ1) is 8.66. The lowest BCUT2D eigenvalue weighted by Crippen LogP contribution is -2.31. The highest BCUT2D eigenvalue weighted by molar-refractivity contribution is 7.99. The van der Waals surface area contributed by atoms with Crippen LogP contribution in [0.15, 0.2) is 18.2 Å². The molecule has 1 aromatic rings. The van der Waals surface area contributed by atoms with Gasteiger partial charge in [0.15, 0.2) is 0 Å². The van der Waals surface area contributed by atoms with Gasteiger partial charge in [-0.2, -0.15) is 0 Å². The number of hydrogen-bond donors (Lipinski definition) is 0. The summed E-state index contributed by atoms with van der Waals surface area (Å²) in [4.78, 5) is 14.4. The summed E-state index contributed by atoms with van der Waals surface area (Å²) < 4.78 is 0. The monoisotopic (exact) mass is 261 g/mol. The maximum Gasteiger partial charge on any atom is 0.226 e. The van der Waals surface area contributed by atoms with Gasteiger partial charge >= 0.3 is 0 Å². The number of nitrogens with zero attached hydrogens (tertiary/aromatic N) is 1. The molecule has 0 spiro atoms. The van der Waals surface area contributed by atoms with E-state index in [4.69, 9.17) is 0 Å². The van der Waals surface area contributed by atoms with E-state index >= 15 is 0 Å². The summed E-state index contributed by atoms with van der Waals surface area (Å²) in [5.74, 6) is 1.78. The molecule has 2 aliphatic rings. The van der Waals surface area contributed by atoms with Gasteiger partial charge in [-0.05, 0) is 37.8 Å². The minimum absolute atomic E-state index is 0.249. The van der Waals surface area contributed by atoms with Gasteiger partial charge in [-0.25, -0.2) is 0 Å². The Labute approximate surface area is 113 Å². The molecule has 1 aliphatic carbocycles. The number of thioether (sulfide) groups is 1. The van der Waals surface area contributed by atoms with Gasteiger partial charge < -0.3 is 4.90 Å². The number of amides is 1. The normalized spacial score (nSPS) is 23.4. The fourth-order valence-electron chi connectivity index (χ4n) is 2.62. The van der Waals surface area contributed by atoms with E-state index in [9.17, 15) is 4.79 Å². The Balaban J connectivity index is 1.87. The zero-order valence-electron chi connectivity index (χ0n) is 11.0. The zero-order valence-corrected chi connectivity index (χ0v) is 11.8. The topological polar surface area (TPSA) is 20.3 Å². The summed E-state index contributed by atoms with van der Waals surface area (Å²) in [5, 5.41) is 0.249. The molecule has 18 heavy (non-hydrogen) atoms. The second kappa shape index (κ2) is 4.61. The summed E-state index contributed by atoms with van der Waals surface area (Å²) >= 11 is 1.90. The Morgan fingerprint density at radius 3 is 2.78 bits per heavy atom. The third-order valence-corrected chi connectivity index (χ3v) is 5.03. The molecule has 0 bridgehead atoms. The fourth-order valence-corrected chi connectivity index (χ4v) is 3.98. The van der Waals surface area contributed by atoms with E-state index in [1.165, 1.54) is 16.7 Å². The maximum absolute atomic E-state index is 12.3. The van der Waals surface area contributed by atoms with Crippen LogP contribution in [0.25, 0.3) is 0 Å². The van der Waals surface area contributed by atoms with E-state index < -0.39 is 0 Å². The molecule has 1 atom stereocenters. The Kier molecular flexibility index (Phi) is 3.10. The summed E-state index contributed by atoms with van der Waals surface area (Å²) in [6, 6.07) is 6.57.